The van der Waals surface area contributed by atoms with Gasteiger partial charge in [0.15, 0.2) is 0 Å². The third-order valence-corrected chi connectivity index (χ3v) is 4.53. The van der Waals surface area contributed by atoms with Crippen molar-refractivity contribution in [1.29, 1.82) is 0 Å². The van der Waals surface area contributed by atoms with E-state index >= 15 is 0 Å². The molecule has 0 spiro atoms. The minimum atomic E-state index is -0.0892. The van der Waals surface area contributed by atoms with E-state index in [0.717, 1.165) is 28.8 Å². The lowest BCUT2D eigenvalue weighted by Gasteiger charge is -2.06. The quantitative estimate of drug-likeness (QED) is 0.601. The van der Waals surface area contributed by atoms with Crippen LogP contribution < -0.4 is 5.32 Å². The average Bonchev–Trinajstić information content (AvgIpc) is 3.14. The van der Waals surface area contributed by atoms with Crippen molar-refractivity contribution in [3.63, 3.8) is 0 Å². The second kappa shape index (κ2) is 6.09. The standard InChI is InChI=1S/C20H20N4O/c1-13-8-10-24-18(11-13)23-14(2)19(24)20(25)21-9-7-15-12-22-17-6-4-3-5-16(15)17/h3-6,8,10-12,22H,7,9H2,1-2H3,(H,21,25). The highest BCUT2D eigenvalue weighted by molar-refractivity contribution is 5.94. The Morgan fingerprint density at radius 3 is 2.96 bits per heavy atom. The third-order valence-electron chi connectivity index (χ3n) is 4.53. The molecule has 3 heterocycles. The van der Waals surface area contributed by atoms with Crippen LogP contribution in [-0.2, 0) is 6.42 Å². The first-order valence-electron chi connectivity index (χ1n) is 8.42. The lowest BCUT2D eigenvalue weighted by atomic mass is 10.1. The predicted molar refractivity (Wildman–Crippen MR) is 99.0 cm³/mol. The first-order valence-corrected chi connectivity index (χ1v) is 8.42. The van der Waals surface area contributed by atoms with Gasteiger partial charge >= 0.3 is 0 Å². The van der Waals surface area contributed by atoms with Gasteiger partial charge in [-0.25, -0.2) is 4.98 Å². The zero-order valence-electron chi connectivity index (χ0n) is 14.3. The highest BCUT2D eigenvalue weighted by Gasteiger charge is 2.16. The van der Waals surface area contributed by atoms with Crippen LogP contribution in [0.1, 0.15) is 27.3 Å². The van der Waals surface area contributed by atoms with Gasteiger partial charge in [0.2, 0.25) is 0 Å². The zero-order valence-corrected chi connectivity index (χ0v) is 14.3. The van der Waals surface area contributed by atoms with Gasteiger partial charge in [-0.15, -0.1) is 0 Å². The maximum absolute atomic E-state index is 12.6. The fourth-order valence-electron chi connectivity index (χ4n) is 3.27. The summed E-state index contributed by atoms with van der Waals surface area (Å²) in [6.45, 7) is 4.47. The molecule has 0 atom stereocenters. The first-order chi connectivity index (χ1) is 12.1. The largest absolute Gasteiger partial charge is 0.361 e. The Kier molecular flexibility index (Phi) is 3.76. The number of nitrogens with one attached hydrogen (secondary N) is 2. The van der Waals surface area contributed by atoms with Crippen molar-refractivity contribution in [1.82, 2.24) is 19.7 Å². The first kappa shape index (κ1) is 15.4. The van der Waals surface area contributed by atoms with Crippen LogP contribution in [0.25, 0.3) is 16.6 Å². The van der Waals surface area contributed by atoms with E-state index in [1.807, 2.05) is 54.9 Å². The maximum Gasteiger partial charge on any atom is 0.270 e. The predicted octanol–water partition coefficient (Wildman–Crippen LogP) is 3.40. The Morgan fingerprint density at radius 2 is 2.08 bits per heavy atom. The molecule has 3 aromatic heterocycles. The summed E-state index contributed by atoms with van der Waals surface area (Å²) in [6, 6.07) is 12.2. The monoisotopic (exact) mass is 332 g/mol. The fourth-order valence-corrected chi connectivity index (χ4v) is 3.27. The van der Waals surface area contributed by atoms with E-state index in [0.29, 0.717) is 12.2 Å². The van der Waals surface area contributed by atoms with Crippen molar-refractivity contribution >= 4 is 22.5 Å². The molecule has 5 heteroatoms. The molecule has 1 aromatic carbocycles. The van der Waals surface area contributed by atoms with Crippen molar-refractivity contribution in [3.8, 4) is 0 Å². The van der Waals surface area contributed by atoms with E-state index in [1.165, 1.54) is 10.9 Å². The van der Waals surface area contributed by atoms with Crippen LogP contribution in [0.15, 0.2) is 48.8 Å². The van der Waals surface area contributed by atoms with Crippen molar-refractivity contribution in [2.24, 2.45) is 0 Å². The number of aryl methyl sites for hydroxylation is 2. The summed E-state index contributed by atoms with van der Waals surface area (Å²) in [5.41, 5.74) is 5.62. The molecule has 4 aromatic rings. The van der Waals surface area contributed by atoms with E-state index in [2.05, 4.69) is 27.4 Å². The number of hydrogen-bond acceptors (Lipinski definition) is 2. The van der Waals surface area contributed by atoms with Crippen LogP contribution in [-0.4, -0.2) is 26.8 Å². The molecule has 0 radical (unpaired) electrons. The summed E-state index contributed by atoms with van der Waals surface area (Å²) in [5, 5.41) is 4.23. The number of carbonyl (C=O) groups excluding carboxylic acids is 1. The molecule has 126 valence electrons. The van der Waals surface area contributed by atoms with E-state index in [9.17, 15) is 4.79 Å². The normalized spacial score (nSPS) is 11.3. The number of aromatic nitrogens is 3. The molecule has 5 nitrogen and oxygen atoms in total. The van der Waals surface area contributed by atoms with Crippen LogP contribution in [0.2, 0.25) is 0 Å². The van der Waals surface area contributed by atoms with Crippen LogP contribution in [0.4, 0.5) is 0 Å². The maximum atomic E-state index is 12.6. The summed E-state index contributed by atoms with van der Waals surface area (Å²) in [6.07, 6.45) is 4.70. The lowest BCUT2D eigenvalue weighted by Crippen LogP contribution is -2.27. The van der Waals surface area contributed by atoms with E-state index in [1.54, 1.807) is 0 Å². The molecule has 25 heavy (non-hydrogen) atoms. The van der Waals surface area contributed by atoms with E-state index < -0.39 is 0 Å². The van der Waals surface area contributed by atoms with E-state index in [-0.39, 0.29) is 5.91 Å². The van der Waals surface area contributed by atoms with Crippen molar-refractivity contribution in [2.75, 3.05) is 6.54 Å². The topological polar surface area (TPSA) is 62.2 Å². The lowest BCUT2D eigenvalue weighted by molar-refractivity contribution is 0.0947. The van der Waals surface area contributed by atoms with Crippen molar-refractivity contribution < 1.29 is 4.79 Å². The van der Waals surface area contributed by atoms with Gasteiger partial charge in [0.25, 0.3) is 5.91 Å². The fraction of sp³-hybridized carbons (Fsp3) is 0.200. The highest BCUT2D eigenvalue weighted by Crippen LogP contribution is 2.18. The number of benzene rings is 1. The Morgan fingerprint density at radius 1 is 1.24 bits per heavy atom. The Labute approximate surface area is 145 Å². The molecule has 0 bridgehead atoms. The molecule has 0 aliphatic heterocycles. The number of aromatic amines is 1. The summed E-state index contributed by atoms with van der Waals surface area (Å²) in [5.74, 6) is -0.0892. The number of carbonyl (C=O) groups is 1. The van der Waals surface area contributed by atoms with Crippen molar-refractivity contribution in [3.05, 3.63) is 71.3 Å². The van der Waals surface area contributed by atoms with Gasteiger partial charge in [0.05, 0.1) is 5.69 Å². The minimum absolute atomic E-state index is 0.0892. The van der Waals surface area contributed by atoms with Gasteiger partial charge in [0.1, 0.15) is 11.3 Å². The number of pyridine rings is 1. The van der Waals surface area contributed by atoms with Gasteiger partial charge in [-0.2, -0.15) is 0 Å². The molecule has 0 aliphatic carbocycles. The summed E-state index contributed by atoms with van der Waals surface area (Å²) in [7, 11) is 0. The summed E-state index contributed by atoms with van der Waals surface area (Å²) >= 11 is 0. The smallest absolute Gasteiger partial charge is 0.270 e. The van der Waals surface area contributed by atoms with Crippen molar-refractivity contribution in [2.45, 2.75) is 20.3 Å². The highest BCUT2D eigenvalue weighted by atomic mass is 16.1. The third kappa shape index (κ3) is 2.78. The van der Waals surface area contributed by atoms with Crippen LogP contribution in [0.5, 0.6) is 0 Å². The Bertz CT molecular complexity index is 1070. The van der Waals surface area contributed by atoms with Gasteiger partial charge in [-0.1, -0.05) is 18.2 Å². The summed E-state index contributed by atoms with van der Waals surface area (Å²) in [4.78, 5) is 20.4. The average molecular weight is 332 g/mol. The number of hydrogen-bond donors (Lipinski definition) is 2. The number of imidazole rings is 1. The second-order valence-corrected chi connectivity index (χ2v) is 6.34. The number of fused-ring (bicyclic) bond motifs is 2. The molecule has 2 N–H and O–H groups in total. The van der Waals surface area contributed by atoms with Crippen LogP contribution in [0.3, 0.4) is 0 Å². The molecule has 0 aliphatic rings. The van der Waals surface area contributed by atoms with Crippen LogP contribution in [0, 0.1) is 13.8 Å². The Balaban J connectivity index is 1.50. The molecule has 4 rings (SSSR count). The number of amides is 1. The van der Waals surface area contributed by atoms with Gasteiger partial charge in [-0.05, 0) is 49.6 Å². The van der Waals surface area contributed by atoms with E-state index in [4.69, 9.17) is 0 Å². The van der Waals surface area contributed by atoms with Gasteiger partial charge < -0.3 is 10.3 Å². The molecule has 0 fully saturated rings. The molecule has 0 unspecified atom stereocenters. The Hall–Kier alpha value is -3.08. The second-order valence-electron chi connectivity index (χ2n) is 6.34. The van der Waals surface area contributed by atoms with Crippen LogP contribution >= 0.6 is 0 Å². The molecular weight excluding hydrogens is 312 g/mol. The molecule has 0 saturated carbocycles. The zero-order chi connectivity index (χ0) is 17.4. The molecular formula is C20H20N4O. The number of H-pyrrole nitrogens is 1. The number of para-hydroxylation sites is 1. The van der Waals surface area contributed by atoms with Gasteiger partial charge in [0, 0.05) is 29.8 Å². The molecule has 1 amide bonds. The SMILES string of the molecule is Cc1ccn2c(C(=O)NCCc3c[nH]c4ccccc34)c(C)nc2c1. The van der Waals surface area contributed by atoms with Gasteiger partial charge in [-0.3, -0.25) is 9.20 Å². The minimum Gasteiger partial charge on any atom is -0.361 e. The summed E-state index contributed by atoms with van der Waals surface area (Å²) < 4.78 is 1.85. The number of nitrogens with zero attached hydrogens (tertiary/aromatic N) is 2. The number of rotatable bonds is 4. The molecule has 0 saturated heterocycles.